The molecule has 0 saturated carbocycles. The summed E-state index contributed by atoms with van der Waals surface area (Å²) in [6, 6.07) is 4.39. The van der Waals surface area contributed by atoms with Crippen molar-refractivity contribution in [2.24, 2.45) is 0 Å². The molecule has 1 atom stereocenters. The van der Waals surface area contributed by atoms with Crippen LogP contribution in [0.3, 0.4) is 0 Å². The Labute approximate surface area is 132 Å². The van der Waals surface area contributed by atoms with Gasteiger partial charge >= 0.3 is 0 Å². The molecule has 0 radical (unpaired) electrons. The van der Waals surface area contributed by atoms with Crippen molar-refractivity contribution in [2.75, 3.05) is 33.0 Å². The molecular weight excluding hydrogens is 280 g/mol. The van der Waals surface area contributed by atoms with Crippen LogP contribution in [0.25, 0.3) is 0 Å². The van der Waals surface area contributed by atoms with Gasteiger partial charge < -0.3 is 19.5 Å². The number of ether oxygens (including phenoxy) is 3. The van der Waals surface area contributed by atoms with Crippen molar-refractivity contribution in [3.63, 3.8) is 0 Å². The SMILES string of the molecule is c1cncc(OCCCNC2CCOC3(CCOCC3)C2)c1. The number of pyridine rings is 1. The fourth-order valence-corrected chi connectivity index (χ4v) is 3.29. The molecule has 3 heterocycles. The summed E-state index contributed by atoms with van der Waals surface area (Å²) in [7, 11) is 0. The van der Waals surface area contributed by atoms with E-state index < -0.39 is 0 Å². The fraction of sp³-hybridized carbons (Fsp3) is 0.706. The Morgan fingerprint density at radius 3 is 3.05 bits per heavy atom. The van der Waals surface area contributed by atoms with Gasteiger partial charge in [-0.2, -0.15) is 0 Å². The van der Waals surface area contributed by atoms with Gasteiger partial charge in [-0.1, -0.05) is 0 Å². The van der Waals surface area contributed by atoms with Gasteiger partial charge in [0.2, 0.25) is 0 Å². The van der Waals surface area contributed by atoms with Crippen LogP contribution in [0.15, 0.2) is 24.5 Å². The zero-order valence-corrected chi connectivity index (χ0v) is 13.1. The summed E-state index contributed by atoms with van der Waals surface area (Å²) in [6.45, 7) is 4.25. The Kier molecular flexibility index (Phi) is 5.64. The Hall–Kier alpha value is -1.17. The number of aromatic nitrogens is 1. The molecule has 5 heteroatoms. The van der Waals surface area contributed by atoms with Crippen LogP contribution in [-0.4, -0.2) is 49.6 Å². The Morgan fingerprint density at radius 1 is 1.32 bits per heavy atom. The van der Waals surface area contributed by atoms with E-state index in [1.807, 2.05) is 12.1 Å². The number of nitrogens with one attached hydrogen (secondary N) is 1. The average molecular weight is 306 g/mol. The first-order valence-electron chi connectivity index (χ1n) is 8.34. The minimum atomic E-state index is 0.0698. The first kappa shape index (κ1) is 15.7. The van der Waals surface area contributed by atoms with Gasteiger partial charge in [0, 0.05) is 32.1 Å². The van der Waals surface area contributed by atoms with Crippen LogP contribution >= 0.6 is 0 Å². The first-order valence-corrected chi connectivity index (χ1v) is 8.34. The molecular formula is C17H26N2O3. The monoisotopic (exact) mass is 306 g/mol. The van der Waals surface area contributed by atoms with E-state index in [0.717, 1.165) is 70.8 Å². The smallest absolute Gasteiger partial charge is 0.137 e. The van der Waals surface area contributed by atoms with Crippen molar-refractivity contribution in [3.8, 4) is 5.75 Å². The Morgan fingerprint density at radius 2 is 2.23 bits per heavy atom. The maximum absolute atomic E-state index is 6.07. The van der Waals surface area contributed by atoms with E-state index in [0.29, 0.717) is 6.04 Å². The quantitative estimate of drug-likeness (QED) is 0.816. The molecule has 0 amide bonds. The second-order valence-corrected chi connectivity index (χ2v) is 6.18. The molecule has 122 valence electrons. The van der Waals surface area contributed by atoms with Crippen molar-refractivity contribution in [3.05, 3.63) is 24.5 Å². The summed E-state index contributed by atoms with van der Waals surface area (Å²) < 4.78 is 17.2. The van der Waals surface area contributed by atoms with Crippen molar-refractivity contribution in [1.29, 1.82) is 0 Å². The van der Waals surface area contributed by atoms with Crippen molar-refractivity contribution < 1.29 is 14.2 Å². The zero-order valence-electron chi connectivity index (χ0n) is 13.1. The van der Waals surface area contributed by atoms with Gasteiger partial charge in [0.1, 0.15) is 5.75 Å². The highest BCUT2D eigenvalue weighted by atomic mass is 16.5. The van der Waals surface area contributed by atoms with Gasteiger partial charge in [0.25, 0.3) is 0 Å². The van der Waals surface area contributed by atoms with Crippen molar-refractivity contribution in [1.82, 2.24) is 10.3 Å². The highest BCUT2D eigenvalue weighted by molar-refractivity contribution is 5.15. The van der Waals surface area contributed by atoms with Crippen LogP contribution in [0.5, 0.6) is 5.75 Å². The van der Waals surface area contributed by atoms with E-state index in [9.17, 15) is 0 Å². The van der Waals surface area contributed by atoms with Gasteiger partial charge in [-0.15, -0.1) is 0 Å². The minimum absolute atomic E-state index is 0.0698. The topological polar surface area (TPSA) is 52.6 Å². The predicted molar refractivity (Wildman–Crippen MR) is 84.1 cm³/mol. The average Bonchev–Trinajstić information content (AvgIpc) is 2.56. The van der Waals surface area contributed by atoms with E-state index in [1.54, 1.807) is 12.4 Å². The molecule has 2 aliphatic rings. The molecule has 0 aliphatic carbocycles. The largest absolute Gasteiger partial charge is 0.492 e. The maximum Gasteiger partial charge on any atom is 0.137 e. The second-order valence-electron chi connectivity index (χ2n) is 6.18. The molecule has 2 fully saturated rings. The van der Waals surface area contributed by atoms with Crippen LogP contribution in [0.2, 0.25) is 0 Å². The summed E-state index contributed by atoms with van der Waals surface area (Å²) in [5.74, 6) is 0.842. The summed E-state index contributed by atoms with van der Waals surface area (Å²) in [4.78, 5) is 4.04. The van der Waals surface area contributed by atoms with Crippen LogP contribution in [0, 0.1) is 0 Å². The molecule has 5 nitrogen and oxygen atoms in total. The van der Waals surface area contributed by atoms with Gasteiger partial charge in [-0.25, -0.2) is 0 Å². The number of hydrogen-bond donors (Lipinski definition) is 1. The van der Waals surface area contributed by atoms with E-state index in [2.05, 4.69) is 10.3 Å². The molecule has 0 aromatic carbocycles. The first-order chi connectivity index (χ1) is 10.9. The summed E-state index contributed by atoms with van der Waals surface area (Å²) in [5, 5.41) is 3.66. The normalized spacial score (nSPS) is 24.3. The third kappa shape index (κ3) is 4.41. The minimum Gasteiger partial charge on any atom is -0.492 e. The summed E-state index contributed by atoms with van der Waals surface area (Å²) >= 11 is 0. The molecule has 1 aromatic rings. The van der Waals surface area contributed by atoms with Crippen LogP contribution in [0.4, 0.5) is 0 Å². The van der Waals surface area contributed by atoms with Crippen LogP contribution in [0.1, 0.15) is 32.1 Å². The molecule has 0 bridgehead atoms. The number of rotatable bonds is 6. The maximum atomic E-state index is 6.07. The van der Waals surface area contributed by atoms with E-state index in [-0.39, 0.29) is 5.60 Å². The van der Waals surface area contributed by atoms with E-state index in [1.165, 1.54) is 0 Å². The van der Waals surface area contributed by atoms with Crippen LogP contribution < -0.4 is 10.1 Å². The Bertz CT molecular complexity index is 429. The van der Waals surface area contributed by atoms with E-state index >= 15 is 0 Å². The number of hydrogen-bond acceptors (Lipinski definition) is 5. The molecule has 3 rings (SSSR count). The van der Waals surface area contributed by atoms with Crippen molar-refractivity contribution >= 4 is 0 Å². The van der Waals surface area contributed by atoms with Gasteiger partial charge in [0.15, 0.2) is 0 Å². The summed E-state index contributed by atoms with van der Waals surface area (Å²) in [5.41, 5.74) is 0.0698. The summed E-state index contributed by atoms with van der Waals surface area (Å²) in [6.07, 6.45) is 8.80. The second kappa shape index (κ2) is 7.90. The highest BCUT2D eigenvalue weighted by Crippen LogP contribution is 2.34. The molecule has 2 saturated heterocycles. The molecule has 2 aliphatic heterocycles. The molecule has 1 unspecified atom stereocenters. The molecule has 22 heavy (non-hydrogen) atoms. The molecule has 1 spiro atoms. The lowest BCUT2D eigenvalue weighted by Gasteiger charge is -2.43. The molecule has 1 aromatic heterocycles. The number of nitrogens with zero attached hydrogens (tertiary/aromatic N) is 1. The highest BCUT2D eigenvalue weighted by Gasteiger charge is 2.38. The zero-order chi connectivity index (χ0) is 15.1. The van der Waals surface area contributed by atoms with Gasteiger partial charge in [0.05, 0.1) is 18.4 Å². The van der Waals surface area contributed by atoms with Gasteiger partial charge in [-0.3, -0.25) is 4.98 Å². The molecule has 1 N–H and O–H groups in total. The van der Waals surface area contributed by atoms with Crippen LogP contribution in [-0.2, 0) is 9.47 Å². The third-order valence-corrected chi connectivity index (χ3v) is 4.55. The Balaban J connectivity index is 1.33. The predicted octanol–water partition coefficient (Wildman–Crippen LogP) is 2.17. The fourth-order valence-electron chi connectivity index (χ4n) is 3.29. The van der Waals surface area contributed by atoms with E-state index in [4.69, 9.17) is 14.2 Å². The van der Waals surface area contributed by atoms with Gasteiger partial charge in [-0.05, 0) is 50.8 Å². The lowest BCUT2D eigenvalue weighted by molar-refractivity contribution is -0.140. The van der Waals surface area contributed by atoms with Crippen molar-refractivity contribution in [2.45, 2.75) is 43.7 Å². The lowest BCUT2D eigenvalue weighted by Crippen LogP contribution is -2.50. The third-order valence-electron chi connectivity index (χ3n) is 4.55. The lowest BCUT2D eigenvalue weighted by atomic mass is 9.84. The standard InChI is InChI=1S/C17H26N2O3/c1-3-16(14-18-7-1)21-9-2-8-19-15-4-10-22-17(13-15)5-11-20-12-6-17/h1,3,7,14-15,19H,2,4-6,8-13H2.